The Morgan fingerprint density at radius 1 is 1.67 bits per heavy atom. The van der Waals surface area contributed by atoms with Crippen molar-refractivity contribution in [1.29, 1.82) is 0 Å². The van der Waals surface area contributed by atoms with E-state index >= 15 is 0 Å². The van der Waals surface area contributed by atoms with E-state index in [2.05, 4.69) is 15.7 Å². The molecule has 5 nitrogen and oxygen atoms in total. The van der Waals surface area contributed by atoms with Gasteiger partial charge in [-0.2, -0.15) is 5.10 Å². The van der Waals surface area contributed by atoms with Gasteiger partial charge in [0, 0.05) is 0 Å². The molecule has 0 unspecified atom stereocenters. The van der Waals surface area contributed by atoms with Crippen LogP contribution in [0.1, 0.15) is 6.92 Å². The molecule has 1 aliphatic heterocycles. The maximum Gasteiger partial charge on any atom is 0.295 e. The number of amides is 1. The highest BCUT2D eigenvalue weighted by Crippen LogP contribution is 1.91. The fraction of sp³-hybridized carbons (Fsp3) is 0.250. The van der Waals surface area contributed by atoms with Crippen LogP contribution in [0.3, 0.4) is 0 Å². The Labute approximate surface area is 51.0 Å². The van der Waals surface area contributed by atoms with Gasteiger partial charge in [0.05, 0.1) is 5.71 Å². The summed E-state index contributed by atoms with van der Waals surface area (Å²) in [6.07, 6.45) is 0. The molecule has 0 saturated heterocycles. The van der Waals surface area contributed by atoms with E-state index in [4.69, 9.17) is 0 Å². The predicted octanol–water partition coefficient (Wildman–Crippen LogP) is -0.721. The zero-order valence-electron chi connectivity index (χ0n) is 4.71. The zero-order chi connectivity index (χ0) is 6.85. The van der Waals surface area contributed by atoms with E-state index in [0.29, 0.717) is 5.71 Å². The maximum atomic E-state index is 10.5. The average Bonchev–Trinajstić information content (AvgIpc) is 2.12. The standard InChI is InChI=1S/C4H4N3O2/c1-2-3(7-9)4(8)6-5-2/h1H3,(H,6,7,8). The molecule has 1 aliphatic rings. The summed E-state index contributed by atoms with van der Waals surface area (Å²) in [6.45, 7) is 1.54. The van der Waals surface area contributed by atoms with Gasteiger partial charge in [0.15, 0.2) is 5.71 Å². The molecule has 0 aromatic rings. The van der Waals surface area contributed by atoms with Gasteiger partial charge in [-0.05, 0) is 12.1 Å². The molecule has 1 rings (SSSR count). The topological polar surface area (TPSA) is 73.7 Å². The molecule has 0 aromatic carbocycles. The van der Waals surface area contributed by atoms with Crippen LogP contribution in [0.25, 0.3) is 0 Å². The van der Waals surface area contributed by atoms with E-state index < -0.39 is 5.91 Å². The summed E-state index contributed by atoms with van der Waals surface area (Å²) in [7, 11) is 0. The summed E-state index contributed by atoms with van der Waals surface area (Å²) in [6, 6.07) is 0. The SMILES string of the molecule is CC1=NNC(=O)/C1=N\[O]. The van der Waals surface area contributed by atoms with Crippen molar-refractivity contribution in [3.05, 3.63) is 0 Å². The van der Waals surface area contributed by atoms with Crippen molar-refractivity contribution in [2.75, 3.05) is 0 Å². The first kappa shape index (κ1) is 5.74. The van der Waals surface area contributed by atoms with Gasteiger partial charge in [0.1, 0.15) is 0 Å². The van der Waals surface area contributed by atoms with Crippen LogP contribution >= 0.6 is 0 Å². The first-order valence-electron chi connectivity index (χ1n) is 2.31. The van der Waals surface area contributed by atoms with Gasteiger partial charge in [-0.1, -0.05) is 0 Å². The van der Waals surface area contributed by atoms with Crippen LogP contribution in [0.2, 0.25) is 0 Å². The highest BCUT2D eigenvalue weighted by Gasteiger charge is 2.21. The number of carbonyl (C=O) groups excluding carboxylic acids is 1. The van der Waals surface area contributed by atoms with E-state index in [0.717, 1.165) is 0 Å². The lowest BCUT2D eigenvalue weighted by molar-refractivity contribution is -0.114. The second kappa shape index (κ2) is 1.85. The summed E-state index contributed by atoms with van der Waals surface area (Å²) in [4.78, 5) is 10.5. The maximum absolute atomic E-state index is 10.5. The molecule has 0 spiro atoms. The molecule has 5 heteroatoms. The Morgan fingerprint density at radius 3 is 2.56 bits per heavy atom. The van der Waals surface area contributed by atoms with E-state index in [9.17, 15) is 10.0 Å². The minimum Gasteiger partial charge on any atom is -0.265 e. The molecule has 0 bridgehead atoms. The van der Waals surface area contributed by atoms with Crippen molar-refractivity contribution in [1.82, 2.24) is 5.43 Å². The number of rotatable bonds is 0. The molecule has 1 heterocycles. The monoisotopic (exact) mass is 126 g/mol. The first-order chi connectivity index (χ1) is 4.25. The van der Waals surface area contributed by atoms with Crippen molar-refractivity contribution in [3.8, 4) is 0 Å². The van der Waals surface area contributed by atoms with Gasteiger partial charge in [-0.15, -0.1) is 5.21 Å². The summed E-state index contributed by atoms with van der Waals surface area (Å²) in [5.41, 5.74) is 2.30. The van der Waals surface area contributed by atoms with Gasteiger partial charge in [0.25, 0.3) is 5.91 Å². The highest BCUT2D eigenvalue weighted by atomic mass is 16.4. The van der Waals surface area contributed by atoms with E-state index in [1.165, 1.54) is 6.92 Å². The van der Waals surface area contributed by atoms with Crippen molar-refractivity contribution < 1.29 is 10.0 Å². The molecule has 0 fully saturated rings. The Bertz CT molecular complexity index is 206. The zero-order valence-corrected chi connectivity index (χ0v) is 4.71. The van der Waals surface area contributed by atoms with Gasteiger partial charge in [-0.3, -0.25) is 4.79 Å². The van der Waals surface area contributed by atoms with E-state index in [-0.39, 0.29) is 5.71 Å². The molecule has 1 N–H and O–H groups in total. The van der Waals surface area contributed by atoms with Crippen molar-refractivity contribution >= 4 is 17.3 Å². The van der Waals surface area contributed by atoms with E-state index in [1.54, 1.807) is 0 Å². The molecule has 0 saturated carbocycles. The molecule has 0 aliphatic carbocycles. The normalized spacial score (nSPS) is 22.1. The van der Waals surface area contributed by atoms with Gasteiger partial charge >= 0.3 is 0 Å². The van der Waals surface area contributed by atoms with Crippen molar-refractivity contribution in [2.45, 2.75) is 6.92 Å². The van der Waals surface area contributed by atoms with Crippen molar-refractivity contribution in [2.24, 2.45) is 10.3 Å². The molecule has 1 amide bonds. The van der Waals surface area contributed by atoms with Crippen molar-refractivity contribution in [3.63, 3.8) is 0 Å². The number of carbonyl (C=O) groups is 1. The molecule has 47 valence electrons. The number of hydrogen-bond donors (Lipinski definition) is 1. The second-order valence-corrected chi connectivity index (χ2v) is 1.58. The Morgan fingerprint density at radius 2 is 2.33 bits per heavy atom. The third kappa shape index (κ3) is 0.758. The largest absolute Gasteiger partial charge is 0.295 e. The molecule has 9 heavy (non-hydrogen) atoms. The summed E-state index contributed by atoms with van der Waals surface area (Å²) in [5.74, 6) is -0.525. The van der Waals surface area contributed by atoms with Crippen LogP contribution in [0.15, 0.2) is 10.3 Å². The fourth-order valence-electron chi connectivity index (χ4n) is 0.512. The van der Waals surface area contributed by atoms with Crippen LogP contribution in [0, 0.1) is 0 Å². The van der Waals surface area contributed by atoms with Gasteiger partial charge in [-0.25, -0.2) is 5.43 Å². The minimum absolute atomic E-state index is 0.130. The number of hydrazone groups is 1. The van der Waals surface area contributed by atoms with Crippen LogP contribution in [0.5, 0.6) is 0 Å². The number of nitrogens with zero attached hydrogens (tertiary/aromatic N) is 2. The smallest absolute Gasteiger partial charge is 0.265 e. The van der Waals surface area contributed by atoms with Gasteiger partial charge < -0.3 is 0 Å². The number of hydrogen-bond acceptors (Lipinski definition) is 3. The minimum atomic E-state index is -0.525. The Kier molecular flexibility index (Phi) is 1.18. The lowest BCUT2D eigenvalue weighted by Crippen LogP contribution is -2.21. The highest BCUT2D eigenvalue weighted by molar-refractivity contribution is 6.68. The summed E-state index contributed by atoms with van der Waals surface area (Å²) < 4.78 is 0. The first-order valence-corrected chi connectivity index (χ1v) is 2.31. The second-order valence-electron chi connectivity index (χ2n) is 1.58. The lowest BCUT2D eigenvalue weighted by atomic mass is 10.3. The molecule has 1 radical (unpaired) electrons. The summed E-state index contributed by atoms with van der Waals surface area (Å²) >= 11 is 0. The Balaban J connectivity index is 2.93. The van der Waals surface area contributed by atoms with E-state index in [1.807, 2.05) is 0 Å². The fourth-order valence-corrected chi connectivity index (χ4v) is 0.512. The molecular weight excluding hydrogens is 122 g/mol. The summed E-state index contributed by atoms with van der Waals surface area (Å²) in [5, 5.41) is 15.7. The molecule has 0 atom stereocenters. The van der Waals surface area contributed by atoms with Crippen LogP contribution in [-0.4, -0.2) is 17.3 Å². The van der Waals surface area contributed by atoms with Crippen LogP contribution in [-0.2, 0) is 10.0 Å². The average molecular weight is 126 g/mol. The van der Waals surface area contributed by atoms with Crippen LogP contribution in [0.4, 0.5) is 0 Å². The third-order valence-corrected chi connectivity index (χ3v) is 0.974. The predicted molar refractivity (Wildman–Crippen MR) is 29.4 cm³/mol. The van der Waals surface area contributed by atoms with Gasteiger partial charge in [0.2, 0.25) is 0 Å². The quantitative estimate of drug-likeness (QED) is 0.427. The molecular formula is C4H4N3O2. The molecule has 0 aromatic heterocycles. The third-order valence-electron chi connectivity index (χ3n) is 0.974. The lowest BCUT2D eigenvalue weighted by Gasteiger charge is -1.82. The Hall–Kier alpha value is -1.39. The number of nitrogens with one attached hydrogen (secondary N) is 1. The van der Waals surface area contributed by atoms with Crippen LogP contribution < -0.4 is 5.43 Å².